The van der Waals surface area contributed by atoms with Crippen molar-refractivity contribution in [1.29, 1.82) is 0 Å². The smallest absolute Gasteiger partial charge is 0.349 e. The number of nitrogens with one attached hydrogen (secondary N) is 2. The fourth-order valence-electron chi connectivity index (χ4n) is 5.80. The van der Waals surface area contributed by atoms with Gasteiger partial charge in [0.25, 0.3) is 0 Å². The number of carbonyl (C=O) groups is 1. The van der Waals surface area contributed by atoms with Gasteiger partial charge in [0, 0.05) is 25.6 Å². The van der Waals surface area contributed by atoms with Crippen LogP contribution in [0.2, 0.25) is 0 Å². The average Bonchev–Trinajstić information content (AvgIpc) is 3.73. The summed E-state index contributed by atoms with van der Waals surface area (Å²) in [6.07, 6.45) is 2.55. The Hall–Kier alpha value is -2.43. The molecular formula is C29H36F3N3O3S. The van der Waals surface area contributed by atoms with E-state index in [1.165, 1.54) is 34.3 Å². The average molecular weight is 564 g/mol. The van der Waals surface area contributed by atoms with Crippen molar-refractivity contribution in [3.05, 3.63) is 64.7 Å². The van der Waals surface area contributed by atoms with E-state index in [4.69, 9.17) is 0 Å². The first kappa shape index (κ1) is 28.1. The molecule has 2 aromatic rings. The van der Waals surface area contributed by atoms with Gasteiger partial charge in [-0.25, -0.2) is 8.42 Å². The highest BCUT2D eigenvalue weighted by Crippen LogP contribution is 2.34. The van der Waals surface area contributed by atoms with Gasteiger partial charge in [-0.2, -0.15) is 17.5 Å². The molecule has 0 spiro atoms. The summed E-state index contributed by atoms with van der Waals surface area (Å²) in [5.74, 6) is 0.585. The Morgan fingerprint density at radius 1 is 1.00 bits per heavy atom. The number of hydrogen-bond acceptors (Lipinski definition) is 4. The number of fused-ring (bicyclic) bond motifs is 1. The van der Waals surface area contributed by atoms with Crippen LogP contribution < -0.4 is 10.6 Å². The number of nitrogens with zero attached hydrogens (tertiary/aromatic N) is 1. The van der Waals surface area contributed by atoms with Gasteiger partial charge < -0.3 is 10.6 Å². The molecule has 3 aliphatic rings. The second-order valence-corrected chi connectivity index (χ2v) is 13.0. The number of rotatable bonds is 9. The minimum Gasteiger partial charge on any atom is -0.349 e. The molecule has 2 aliphatic carbocycles. The first-order chi connectivity index (χ1) is 18.6. The van der Waals surface area contributed by atoms with E-state index in [1.54, 1.807) is 0 Å². The lowest BCUT2D eigenvalue weighted by Gasteiger charge is -2.35. The number of alkyl halides is 3. The van der Waals surface area contributed by atoms with E-state index in [2.05, 4.69) is 28.8 Å². The van der Waals surface area contributed by atoms with Crippen LogP contribution in [0.3, 0.4) is 0 Å². The van der Waals surface area contributed by atoms with Crippen LogP contribution in [0.4, 0.5) is 13.2 Å². The van der Waals surface area contributed by atoms with E-state index in [0.29, 0.717) is 18.9 Å². The number of halogens is 3. The predicted octanol–water partition coefficient (Wildman–Crippen LogP) is 5.33. The number of aryl methyl sites for hydroxylation is 1. The maximum absolute atomic E-state index is 13.4. The molecule has 6 nitrogen and oxygen atoms in total. The summed E-state index contributed by atoms with van der Waals surface area (Å²) in [5, 5.41) is 6.64. The van der Waals surface area contributed by atoms with Gasteiger partial charge in [-0.3, -0.25) is 4.79 Å². The quantitative estimate of drug-likeness (QED) is 0.432. The van der Waals surface area contributed by atoms with Gasteiger partial charge in [-0.1, -0.05) is 30.7 Å². The summed E-state index contributed by atoms with van der Waals surface area (Å²) >= 11 is 0. The fraction of sp³-hybridized carbons (Fsp3) is 0.552. The maximum atomic E-state index is 13.4. The first-order valence-electron chi connectivity index (χ1n) is 13.9. The molecule has 0 aromatic heterocycles. The summed E-state index contributed by atoms with van der Waals surface area (Å²) in [5.41, 5.74) is 2.58. The molecular weight excluding hydrogens is 527 g/mol. The molecule has 2 N–H and O–H groups in total. The molecule has 2 fully saturated rings. The van der Waals surface area contributed by atoms with Crippen molar-refractivity contribution in [1.82, 2.24) is 14.9 Å². The summed E-state index contributed by atoms with van der Waals surface area (Å²) < 4.78 is 67.6. The Morgan fingerprint density at radius 3 is 2.59 bits per heavy atom. The number of amides is 1. The van der Waals surface area contributed by atoms with Crippen molar-refractivity contribution in [2.75, 3.05) is 13.1 Å². The molecule has 212 valence electrons. The van der Waals surface area contributed by atoms with Crippen LogP contribution in [0, 0.1) is 5.92 Å². The summed E-state index contributed by atoms with van der Waals surface area (Å²) in [6, 6.07) is 9.52. The summed E-state index contributed by atoms with van der Waals surface area (Å²) in [7, 11) is -4.19. The molecule has 39 heavy (non-hydrogen) atoms. The monoisotopic (exact) mass is 563 g/mol. The molecule has 1 saturated heterocycles. The molecule has 1 amide bonds. The molecule has 2 aromatic carbocycles. The van der Waals surface area contributed by atoms with Gasteiger partial charge in [0.15, 0.2) is 0 Å². The zero-order chi connectivity index (χ0) is 27.6. The lowest BCUT2D eigenvalue weighted by atomic mass is 9.86. The van der Waals surface area contributed by atoms with E-state index in [1.807, 2.05) is 0 Å². The molecule has 0 radical (unpaired) electrons. The van der Waals surface area contributed by atoms with E-state index in [9.17, 15) is 26.4 Å². The Bertz CT molecular complexity index is 1290. The third-order valence-electron chi connectivity index (χ3n) is 8.08. The van der Waals surface area contributed by atoms with Crippen LogP contribution in [-0.2, 0) is 34.0 Å². The van der Waals surface area contributed by atoms with E-state index < -0.39 is 32.7 Å². The Balaban J connectivity index is 1.25. The van der Waals surface area contributed by atoms with E-state index >= 15 is 0 Å². The fourth-order valence-corrected chi connectivity index (χ4v) is 7.54. The minimum atomic E-state index is -4.64. The molecule has 1 unspecified atom stereocenters. The SMILES string of the molecule is O=C(CC1CCCCN1S(=O)(=O)c1cccc(C(F)(F)F)c1)N[C@@H]1CCCc2cc(CNCC3CC3)ccc21. The number of carbonyl (C=O) groups excluding carboxylic acids is 1. The highest BCUT2D eigenvalue weighted by molar-refractivity contribution is 7.89. The van der Waals surface area contributed by atoms with Crippen molar-refractivity contribution in [2.24, 2.45) is 5.92 Å². The number of sulfonamides is 1. The largest absolute Gasteiger partial charge is 0.416 e. The zero-order valence-electron chi connectivity index (χ0n) is 22.0. The van der Waals surface area contributed by atoms with Crippen LogP contribution in [0.1, 0.15) is 79.7 Å². The lowest BCUT2D eigenvalue weighted by Crippen LogP contribution is -2.46. The molecule has 1 saturated carbocycles. The van der Waals surface area contributed by atoms with E-state index in [-0.39, 0.29) is 24.9 Å². The van der Waals surface area contributed by atoms with Gasteiger partial charge >= 0.3 is 6.18 Å². The van der Waals surface area contributed by atoms with Crippen molar-refractivity contribution >= 4 is 15.9 Å². The Kier molecular flexibility index (Phi) is 8.35. The van der Waals surface area contributed by atoms with Gasteiger partial charge in [-0.05, 0) is 92.3 Å². The van der Waals surface area contributed by atoms with Gasteiger partial charge in [0.1, 0.15) is 0 Å². The van der Waals surface area contributed by atoms with Crippen LogP contribution in [0.25, 0.3) is 0 Å². The third kappa shape index (κ3) is 6.84. The van der Waals surface area contributed by atoms with Crippen molar-refractivity contribution in [3.63, 3.8) is 0 Å². The standard InChI is InChI=1S/C29H36F3N3O3S/c30-29(31,32)23-6-4-8-25(16-23)39(37,38)35-14-2-1-7-24(35)17-28(36)34-27-9-3-5-22-15-21(12-13-26(22)27)19-33-18-20-10-11-20/h4,6,8,12-13,15-16,20,24,27,33H,1-3,5,7,9-11,14,17-19H2,(H,34,36)/t24?,27-/m1/s1. The van der Waals surface area contributed by atoms with Crippen LogP contribution >= 0.6 is 0 Å². The first-order valence-corrected chi connectivity index (χ1v) is 15.4. The van der Waals surface area contributed by atoms with Crippen LogP contribution in [0.15, 0.2) is 47.4 Å². The normalized spacial score (nSPS) is 22.3. The summed E-state index contributed by atoms with van der Waals surface area (Å²) in [4.78, 5) is 12.8. The number of benzene rings is 2. The molecule has 10 heteroatoms. The van der Waals surface area contributed by atoms with Crippen molar-refractivity contribution in [2.45, 2.75) is 87.5 Å². The Labute approximate surface area is 228 Å². The lowest BCUT2D eigenvalue weighted by molar-refractivity contribution is -0.137. The molecule has 1 heterocycles. The van der Waals surface area contributed by atoms with Gasteiger partial charge in [0.05, 0.1) is 16.5 Å². The molecule has 1 aliphatic heterocycles. The number of hydrogen-bond donors (Lipinski definition) is 2. The highest BCUT2D eigenvalue weighted by atomic mass is 32.2. The second-order valence-electron chi connectivity index (χ2n) is 11.1. The van der Waals surface area contributed by atoms with Crippen LogP contribution in [-0.4, -0.2) is 37.8 Å². The second kappa shape index (κ2) is 11.6. The molecule has 5 rings (SSSR count). The van der Waals surface area contributed by atoms with Crippen LogP contribution in [0.5, 0.6) is 0 Å². The van der Waals surface area contributed by atoms with E-state index in [0.717, 1.165) is 62.4 Å². The molecule has 0 bridgehead atoms. The molecule has 2 atom stereocenters. The maximum Gasteiger partial charge on any atom is 0.416 e. The topological polar surface area (TPSA) is 78.5 Å². The zero-order valence-corrected chi connectivity index (χ0v) is 22.8. The predicted molar refractivity (Wildman–Crippen MR) is 142 cm³/mol. The Morgan fingerprint density at radius 2 is 1.82 bits per heavy atom. The third-order valence-corrected chi connectivity index (χ3v) is 10.0. The highest BCUT2D eigenvalue weighted by Gasteiger charge is 2.37. The minimum absolute atomic E-state index is 0.0206. The van der Waals surface area contributed by atoms with Gasteiger partial charge in [0.2, 0.25) is 15.9 Å². The van der Waals surface area contributed by atoms with Crippen molar-refractivity contribution in [3.8, 4) is 0 Å². The van der Waals surface area contributed by atoms with Crippen molar-refractivity contribution < 1.29 is 26.4 Å². The summed E-state index contributed by atoms with van der Waals surface area (Å²) in [6.45, 7) is 2.07. The van der Waals surface area contributed by atoms with Gasteiger partial charge in [-0.15, -0.1) is 0 Å². The number of piperidine rings is 1.